The lowest BCUT2D eigenvalue weighted by Crippen LogP contribution is -2.42. The number of urea groups is 2. The summed E-state index contributed by atoms with van der Waals surface area (Å²) in [5.74, 6) is 0.227. The molecule has 3 rings (SSSR count). The van der Waals surface area contributed by atoms with Gasteiger partial charge in [0.2, 0.25) is 5.90 Å². The summed E-state index contributed by atoms with van der Waals surface area (Å²) in [7, 11) is 1.62. The van der Waals surface area contributed by atoms with E-state index in [1.165, 1.54) is 4.90 Å². The molecule has 9 nitrogen and oxygen atoms in total. The first kappa shape index (κ1) is 21.4. The lowest BCUT2D eigenvalue weighted by Gasteiger charge is -2.21. The standard InChI is InChI=1S/C20H22ClN5O4/c1-25(19(28)23-13-15-9-5-6-10-16(15)21)11-12-29-20-26(18(22)27)24-17(30-20)14-7-3-2-4-8-14/h2-10,20H,11-13H2,1H3,(H2,22,27)(H,23,28). The van der Waals surface area contributed by atoms with Gasteiger partial charge in [-0.25, -0.2) is 9.59 Å². The van der Waals surface area contributed by atoms with Crippen LogP contribution in [0.4, 0.5) is 9.59 Å². The van der Waals surface area contributed by atoms with E-state index >= 15 is 0 Å². The number of carbonyl (C=O) groups excluding carboxylic acids is 2. The summed E-state index contributed by atoms with van der Waals surface area (Å²) < 4.78 is 11.2. The number of primary amides is 1. The monoisotopic (exact) mass is 431 g/mol. The van der Waals surface area contributed by atoms with E-state index < -0.39 is 12.4 Å². The van der Waals surface area contributed by atoms with Gasteiger partial charge in [0, 0.05) is 30.7 Å². The minimum Gasteiger partial charge on any atom is -0.425 e. The van der Waals surface area contributed by atoms with Gasteiger partial charge in [0.15, 0.2) is 0 Å². The highest BCUT2D eigenvalue weighted by Crippen LogP contribution is 2.18. The molecule has 0 fully saturated rings. The molecule has 10 heteroatoms. The third-order valence-corrected chi connectivity index (χ3v) is 4.65. The van der Waals surface area contributed by atoms with Gasteiger partial charge >= 0.3 is 18.5 Å². The van der Waals surface area contributed by atoms with E-state index in [1.807, 2.05) is 36.4 Å². The van der Waals surface area contributed by atoms with Gasteiger partial charge in [-0.1, -0.05) is 48.0 Å². The molecule has 0 saturated heterocycles. The smallest absolute Gasteiger partial charge is 0.340 e. The highest BCUT2D eigenvalue weighted by molar-refractivity contribution is 6.31. The normalized spacial score (nSPS) is 15.3. The van der Waals surface area contributed by atoms with Crippen LogP contribution in [0.15, 0.2) is 59.7 Å². The Bertz CT molecular complexity index is 924. The van der Waals surface area contributed by atoms with Crippen LogP contribution in [0.25, 0.3) is 0 Å². The molecule has 1 heterocycles. The van der Waals surface area contributed by atoms with Gasteiger partial charge in [0.25, 0.3) is 0 Å². The van der Waals surface area contributed by atoms with Crippen LogP contribution in [0.2, 0.25) is 5.02 Å². The Morgan fingerprint density at radius 3 is 2.63 bits per heavy atom. The van der Waals surface area contributed by atoms with Crippen molar-refractivity contribution in [2.75, 3.05) is 20.2 Å². The van der Waals surface area contributed by atoms with Gasteiger partial charge in [0.05, 0.1) is 6.61 Å². The maximum Gasteiger partial charge on any atom is 0.340 e. The van der Waals surface area contributed by atoms with Crippen LogP contribution in [-0.4, -0.2) is 54.5 Å². The highest BCUT2D eigenvalue weighted by Gasteiger charge is 2.33. The average Bonchev–Trinajstić information content (AvgIpc) is 3.18. The Kier molecular flexibility index (Phi) is 7.10. The number of hydrogen-bond acceptors (Lipinski definition) is 5. The molecular weight excluding hydrogens is 410 g/mol. The summed E-state index contributed by atoms with van der Waals surface area (Å²) in [5.41, 5.74) is 6.85. The molecule has 2 aromatic rings. The SMILES string of the molecule is CN(CCOC1OC(c2ccccc2)=NN1C(N)=O)C(=O)NCc1ccccc1Cl. The van der Waals surface area contributed by atoms with Crippen LogP contribution in [0.3, 0.4) is 0 Å². The average molecular weight is 432 g/mol. The van der Waals surface area contributed by atoms with Crippen molar-refractivity contribution in [3.05, 3.63) is 70.7 Å². The van der Waals surface area contributed by atoms with E-state index in [0.29, 0.717) is 17.1 Å². The Morgan fingerprint density at radius 2 is 1.93 bits per heavy atom. The number of nitrogens with one attached hydrogen (secondary N) is 1. The largest absolute Gasteiger partial charge is 0.425 e. The molecule has 0 bridgehead atoms. The number of ether oxygens (including phenoxy) is 2. The van der Waals surface area contributed by atoms with Gasteiger partial charge in [-0.05, 0) is 23.8 Å². The van der Waals surface area contributed by atoms with E-state index in [2.05, 4.69) is 10.4 Å². The molecule has 158 valence electrons. The molecule has 0 spiro atoms. The number of nitrogens with zero attached hydrogens (tertiary/aromatic N) is 3. The molecule has 2 aromatic carbocycles. The van der Waals surface area contributed by atoms with Gasteiger partial charge in [-0.3, -0.25) is 0 Å². The number of hydrogen-bond donors (Lipinski definition) is 2. The van der Waals surface area contributed by atoms with Crippen LogP contribution >= 0.6 is 11.6 Å². The Hall–Kier alpha value is -3.30. The van der Waals surface area contributed by atoms with E-state index in [9.17, 15) is 9.59 Å². The number of benzene rings is 2. The Morgan fingerprint density at radius 1 is 1.23 bits per heavy atom. The molecule has 3 N–H and O–H groups in total. The van der Waals surface area contributed by atoms with E-state index in [4.69, 9.17) is 26.8 Å². The predicted molar refractivity (Wildman–Crippen MR) is 112 cm³/mol. The van der Waals surface area contributed by atoms with Gasteiger partial charge in [-0.2, -0.15) is 0 Å². The summed E-state index contributed by atoms with van der Waals surface area (Å²) in [6.45, 7) is 0.655. The zero-order valence-corrected chi connectivity index (χ0v) is 17.1. The third-order valence-electron chi connectivity index (χ3n) is 4.28. The molecule has 30 heavy (non-hydrogen) atoms. The predicted octanol–water partition coefficient (Wildman–Crippen LogP) is 2.55. The van der Waals surface area contributed by atoms with Crippen molar-refractivity contribution in [3.63, 3.8) is 0 Å². The van der Waals surface area contributed by atoms with Crippen molar-refractivity contribution >= 4 is 29.6 Å². The van der Waals surface area contributed by atoms with E-state index in [-0.39, 0.29) is 25.1 Å². The zero-order chi connectivity index (χ0) is 21.5. The topological polar surface area (TPSA) is 109 Å². The second-order valence-electron chi connectivity index (χ2n) is 6.42. The molecule has 0 saturated carbocycles. The van der Waals surface area contributed by atoms with Gasteiger partial charge in [-0.15, -0.1) is 10.1 Å². The number of nitrogens with two attached hydrogens (primary N) is 1. The molecule has 4 amide bonds. The second kappa shape index (κ2) is 9.95. The fourth-order valence-corrected chi connectivity index (χ4v) is 2.82. The zero-order valence-electron chi connectivity index (χ0n) is 16.3. The minimum absolute atomic E-state index is 0.0993. The first-order valence-electron chi connectivity index (χ1n) is 9.19. The molecule has 1 atom stereocenters. The summed E-state index contributed by atoms with van der Waals surface area (Å²) in [6.07, 6.45) is -1.10. The molecule has 0 radical (unpaired) electrons. The maximum atomic E-state index is 12.2. The summed E-state index contributed by atoms with van der Waals surface area (Å²) in [6, 6.07) is 15.2. The summed E-state index contributed by atoms with van der Waals surface area (Å²) in [5, 5.41) is 8.35. The summed E-state index contributed by atoms with van der Waals surface area (Å²) >= 11 is 6.09. The fourth-order valence-electron chi connectivity index (χ4n) is 2.62. The van der Waals surface area contributed by atoms with Crippen molar-refractivity contribution in [3.8, 4) is 0 Å². The maximum absolute atomic E-state index is 12.2. The molecule has 0 aliphatic carbocycles. The number of carbonyl (C=O) groups is 2. The third kappa shape index (κ3) is 5.40. The van der Waals surface area contributed by atoms with Crippen LogP contribution in [0, 0.1) is 0 Å². The number of amides is 4. The molecular formula is C20H22ClN5O4. The number of halogens is 1. The number of likely N-dealkylation sites (N-methyl/N-ethyl adjacent to an activating group) is 1. The van der Waals surface area contributed by atoms with Crippen LogP contribution in [-0.2, 0) is 16.0 Å². The van der Waals surface area contributed by atoms with Crippen LogP contribution in [0.1, 0.15) is 11.1 Å². The summed E-state index contributed by atoms with van der Waals surface area (Å²) in [4.78, 5) is 25.3. The van der Waals surface area contributed by atoms with E-state index in [0.717, 1.165) is 10.6 Å². The Labute approximate surface area is 179 Å². The van der Waals surface area contributed by atoms with Crippen molar-refractivity contribution in [1.29, 1.82) is 0 Å². The van der Waals surface area contributed by atoms with Crippen molar-refractivity contribution in [2.24, 2.45) is 10.8 Å². The molecule has 1 aliphatic rings. The lowest BCUT2D eigenvalue weighted by atomic mass is 10.2. The first-order valence-corrected chi connectivity index (χ1v) is 9.57. The van der Waals surface area contributed by atoms with E-state index in [1.54, 1.807) is 25.2 Å². The number of rotatable bonds is 7. The van der Waals surface area contributed by atoms with Gasteiger partial charge < -0.3 is 25.4 Å². The fraction of sp³-hybridized carbons (Fsp3) is 0.250. The van der Waals surface area contributed by atoms with Crippen molar-refractivity contribution < 1.29 is 19.1 Å². The molecule has 1 unspecified atom stereocenters. The van der Waals surface area contributed by atoms with Crippen molar-refractivity contribution in [1.82, 2.24) is 15.2 Å². The lowest BCUT2D eigenvalue weighted by molar-refractivity contribution is -0.145. The van der Waals surface area contributed by atoms with Gasteiger partial charge in [0.1, 0.15) is 0 Å². The molecule has 1 aliphatic heterocycles. The van der Waals surface area contributed by atoms with Crippen molar-refractivity contribution in [2.45, 2.75) is 13.0 Å². The van der Waals surface area contributed by atoms with Crippen LogP contribution in [0.5, 0.6) is 0 Å². The molecule has 0 aromatic heterocycles. The Balaban J connectivity index is 1.47. The first-order chi connectivity index (χ1) is 14.5. The number of hydrazone groups is 1. The van der Waals surface area contributed by atoms with Crippen LogP contribution < -0.4 is 11.1 Å². The quantitative estimate of drug-likeness (QED) is 0.701. The second-order valence-corrected chi connectivity index (χ2v) is 6.83. The highest BCUT2D eigenvalue weighted by atomic mass is 35.5. The minimum atomic E-state index is -1.10.